The smallest absolute Gasteiger partial charge is 0.255 e. The minimum absolute atomic E-state index is 0.211. The van der Waals surface area contributed by atoms with Gasteiger partial charge in [0.05, 0.1) is 5.69 Å². The fourth-order valence-corrected chi connectivity index (χ4v) is 4.78. The summed E-state index contributed by atoms with van der Waals surface area (Å²) >= 11 is 0. The van der Waals surface area contributed by atoms with Crippen molar-refractivity contribution in [3.05, 3.63) is 88.6 Å². The van der Waals surface area contributed by atoms with Crippen molar-refractivity contribution in [2.75, 3.05) is 7.05 Å². The number of hydrogen-bond acceptors (Lipinski definition) is 5. The molecule has 184 valence electrons. The van der Waals surface area contributed by atoms with Crippen molar-refractivity contribution in [2.45, 2.75) is 38.5 Å². The van der Waals surface area contributed by atoms with Gasteiger partial charge in [-0.1, -0.05) is 12.1 Å². The van der Waals surface area contributed by atoms with E-state index in [1.54, 1.807) is 18.3 Å². The predicted molar refractivity (Wildman–Crippen MR) is 127 cm³/mol. The zero-order valence-corrected chi connectivity index (χ0v) is 19.6. The van der Waals surface area contributed by atoms with Gasteiger partial charge in [0.25, 0.3) is 5.91 Å². The van der Waals surface area contributed by atoms with Crippen LogP contribution in [0.15, 0.2) is 54.7 Å². The monoisotopic (exact) mass is 490 g/mol. The molecule has 1 aromatic heterocycles. The molecule has 2 aromatic carbocycles. The average Bonchev–Trinajstić information content (AvgIpc) is 3.17. The summed E-state index contributed by atoms with van der Waals surface area (Å²) in [6.07, 6.45) is 2.24. The minimum atomic E-state index is -0.864. The molecule has 2 aliphatic heterocycles. The zero-order valence-electron chi connectivity index (χ0n) is 19.6. The number of nitrogens with zero attached hydrogens (tertiary/aromatic N) is 3. The number of pyridine rings is 1. The lowest BCUT2D eigenvalue weighted by atomic mass is 10.0. The maximum Gasteiger partial charge on any atom is 0.255 e. The number of imide groups is 1. The summed E-state index contributed by atoms with van der Waals surface area (Å²) in [7, 11) is 1.89. The molecule has 0 aliphatic carbocycles. The number of benzene rings is 2. The number of rotatable bonds is 6. The van der Waals surface area contributed by atoms with Crippen LogP contribution in [-0.2, 0) is 29.2 Å². The molecule has 0 spiro atoms. The maximum atomic E-state index is 13.5. The van der Waals surface area contributed by atoms with E-state index >= 15 is 0 Å². The Balaban J connectivity index is 1.30. The molecule has 1 fully saturated rings. The molecular weight excluding hydrogens is 466 g/mol. The van der Waals surface area contributed by atoms with Gasteiger partial charge in [-0.3, -0.25) is 29.6 Å². The van der Waals surface area contributed by atoms with E-state index < -0.39 is 23.6 Å². The van der Waals surface area contributed by atoms with Gasteiger partial charge in [-0.15, -0.1) is 0 Å². The molecule has 3 aromatic rings. The summed E-state index contributed by atoms with van der Waals surface area (Å²) in [5.41, 5.74) is 4.61. The first-order valence-corrected chi connectivity index (χ1v) is 11.6. The van der Waals surface area contributed by atoms with Crippen molar-refractivity contribution >= 4 is 17.7 Å². The second kappa shape index (κ2) is 9.58. The van der Waals surface area contributed by atoms with Gasteiger partial charge in [-0.25, -0.2) is 8.78 Å². The first kappa shape index (κ1) is 23.7. The third-order valence-corrected chi connectivity index (χ3v) is 6.53. The highest BCUT2D eigenvalue weighted by Gasteiger charge is 2.39. The molecule has 36 heavy (non-hydrogen) atoms. The van der Waals surface area contributed by atoms with E-state index in [2.05, 4.69) is 10.3 Å². The van der Waals surface area contributed by atoms with Gasteiger partial charge >= 0.3 is 0 Å². The molecule has 1 unspecified atom stereocenters. The lowest BCUT2D eigenvalue weighted by Gasteiger charge is -2.29. The van der Waals surface area contributed by atoms with Gasteiger partial charge in [0.15, 0.2) is 11.6 Å². The number of amides is 3. The summed E-state index contributed by atoms with van der Waals surface area (Å²) in [5.74, 6) is -2.69. The SMILES string of the molecule is CN(Cc1ccnc(-c2ccc3c(c2)CN(C2CCC(=O)NC2=O)C3=O)c1)Cc1ccc(F)c(F)c1. The summed E-state index contributed by atoms with van der Waals surface area (Å²) < 4.78 is 26.7. The van der Waals surface area contributed by atoms with E-state index in [9.17, 15) is 23.2 Å². The Bertz CT molecular complexity index is 1380. The van der Waals surface area contributed by atoms with Crippen LogP contribution in [0, 0.1) is 11.6 Å². The summed E-state index contributed by atoms with van der Waals surface area (Å²) in [4.78, 5) is 44.7. The molecular formula is C27H24F2N4O3. The molecule has 3 heterocycles. The Labute approximate surface area is 206 Å². The number of hydrogen-bond donors (Lipinski definition) is 1. The normalized spacial score (nSPS) is 17.5. The van der Waals surface area contributed by atoms with Crippen molar-refractivity contribution in [3.63, 3.8) is 0 Å². The zero-order chi connectivity index (χ0) is 25.4. The van der Waals surface area contributed by atoms with Gasteiger partial charge in [0.2, 0.25) is 11.8 Å². The Kier molecular flexibility index (Phi) is 6.32. The van der Waals surface area contributed by atoms with E-state index in [-0.39, 0.29) is 18.2 Å². The predicted octanol–water partition coefficient (Wildman–Crippen LogP) is 3.42. The summed E-state index contributed by atoms with van der Waals surface area (Å²) in [5, 5.41) is 2.31. The van der Waals surface area contributed by atoms with E-state index in [0.717, 1.165) is 28.5 Å². The van der Waals surface area contributed by atoms with Gasteiger partial charge in [0, 0.05) is 43.4 Å². The van der Waals surface area contributed by atoms with Crippen LogP contribution in [-0.4, -0.2) is 45.6 Å². The third-order valence-electron chi connectivity index (χ3n) is 6.53. The maximum absolute atomic E-state index is 13.5. The molecule has 0 radical (unpaired) electrons. The number of carbonyl (C=O) groups is 3. The second-order valence-corrected chi connectivity index (χ2v) is 9.24. The van der Waals surface area contributed by atoms with Crippen LogP contribution in [0.1, 0.15) is 39.9 Å². The van der Waals surface area contributed by atoms with E-state index in [1.807, 2.05) is 36.2 Å². The Morgan fingerprint density at radius 3 is 2.53 bits per heavy atom. The summed E-state index contributed by atoms with van der Waals surface area (Å²) in [6, 6.07) is 12.6. The fraction of sp³-hybridized carbons (Fsp3) is 0.259. The second-order valence-electron chi connectivity index (χ2n) is 9.24. The van der Waals surface area contributed by atoms with E-state index in [4.69, 9.17) is 0 Å². The molecule has 1 N–H and O–H groups in total. The molecule has 3 amide bonds. The van der Waals surface area contributed by atoms with Crippen LogP contribution < -0.4 is 5.32 Å². The molecule has 0 bridgehead atoms. The van der Waals surface area contributed by atoms with E-state index in [1.165, 1.54) is 11.0 Å². The molecule has 0 saturated carbocycles. The molecule has 1 saturated heterocycles. The van der Waals surface area contributed by atoms with Gasteiger partial charge in [0.1, 0.15) is 6.04 Å². The number of nitrogens with one attached hydrogen (secondary N) is 1. The van der Waals surface area contributed by atoms with Crippen LogP contribution in [0.2, 0.25) is 0 Å². The summed E-state index contributed by atoms with van der Waals surface area (Å²) in [6.45, 7) is 1.32. The van der Waals surface area contributed by atoms with Crippen LogP contribution in [0.3, 0.4) is 0 Å². The van der Waals surface area contributed by atoms with Crippen LogP contribution >= 0.6 is 0 Å². The van der Waals surface area contributed by atoms with Crippen molar-refractivity contribution in [1.82, 2.24) is 20.1 Å². The lowest BCUT2D eigenvalue weighted by molar-refractivity contribution is -0.136. The van der Waals surface area contributed by atoms with Gasteiger partial charge in [-0.2, -0.15) is 0 Å². The molecule has 5 rings (SSSR count). The molecule has 1 atom stereocenters. The first-order valence-electron chi connectivity index (χ1n) is 11.6. The van der Waals surface area contributed by atoms with Crippen LogP contribution in [0.25, 0.3) is 11.3 Å². The third kappa shape index (κ3) is 4.74. The van der Waals surface area contributed by atoms with Crippen molar-refractivity contribution in [1.29, 1.82) is 0 Å². The molecule has 2 aliphatic rings. The Morgan fingerprint density at radius 2 is 1.78 bits per heavy atom. The number of halogens is 2. The quantitative estimate of drug-likeness (QED) is 0.536. The Morgan fingerprint density at radius 1 is 1.00 bits per heavy atom. The highest BCUT2D eigenvalue weighted by Crippen LogP contribution is 2.31. The topological polar surface area (TPSA) is 82.6 Å². The largest absolute Gasteiger partial charge is 0.322 e. The first-order chi connectivity index (χ1) is 17.3. The lowest BCUT2D eigenvalue weighted by Crippen LogP contribution is -2.52. The van der Waals surface area contributed by atoms with Gasteiger partial charge in [-0.05, 0) is 66.6 Å². The molecule has 7 nitrogen and oxygen atoms in total. The number of piperidine rings is 1. The average molecular weight is 491 g/mol. The van der Waals surface area contributed by atoms with Crippen molar-refractivity contribution in [2.24, 2.45) is 0 Å². The molecule has 9 heteroatoms. The fourth-order valence-electron chi connectivity index (χ4n) is 4.78. The standard InChI is InChI=1S/C27H24F2N4O3/c1-32(13-16-2-5-21(28)22(29)10-16)14-17-8-9-30-23(11-17)18-3-4-20-19(12-18)15-33(27(20)36)24-6-7-25(34)31-26(24)35/h2-5,8-12,24H,6-7,13-15H2,1H3,(H,31,34,35). The number of aromatic nitrogens is 1. The van der Waals surface area contributed by atoms with Gasteiger partial charge < -0.3 is 4.90 Å². The number of fused-ring (bicyclic) bond motifs is 1. The van der Waals surface area contributed by atoms with Crippen molar-refractivity contribution < 1.29 is 23.2 Å². The van der Waals surface area contributed by atoms with Crippen LogP contribution in [0.5, 0.6) is 0 Å². The van der Waals surface area contributed by atoms with E-state index in [0.29, 0.717) is 37.2 Å². The van der Waals surface area contributed by atoms with Crippen molar-refractivity contribution in [3.8, 4) is 11.3 Å². The number of carbonyl (C=O) groups excluding carboxylic acids is 3. The Hall–Kier alpha value is -3.98. The highest BCUT2D eigenvalue weighted by atomic mass is 19.2. The highest BCUT2D eigenvalue weighted by molar-refractivity contribution is 6.05. The van der Waals surface area contributed by atoms with Crippen LogP contribution in [0.4, 0.5) is 8.78 Å². The minimum Gasteiger partial charge on any atom is -0.322 e.